The Hall–Kier alpha value is -4.33. The minimum Gasteiger partial charge on any atom is -0.506 e. The van der Waals surface area contributed by atoms with E-state index in [-0.39, 0.29) is 35.9 Å². The largest absolute Gasteiger partial charge is 0.506 e. The summed E-state index contributed by atoms with van der Waals surface area (Å²) in [6.07, 6.45) is -0.737. The number of fused-ring (bicyclic) bond motifs is 3. The number of ether oxygens (including phenoxy) is 1. The summed E-state index contributed by atoms with van der Waals surface area (Å²) in [7, 11) is 0. The molecule has 8 nitrogen and oxygen atoms in total. The van der Waals surface area contributed by atoms with Crippen molar-refractivity contribution in [2.75, 3.05) is 11.9 Å². The number of carbonyl (C=O) groups is 3. The third kappa shape index (κ3) is 4.85. The van der Waals surface area contributed by atoms with Gasteiger partial charge in [-0.15, -0.1) is 0 Å². The van der Waals surface area contributed by atoms with Crippen LogP contribution in [0.4, 0.5) is 10.5 Å². The molecular formula is C26H24N2O6. The Morgan fingerprint density at radius 2 is 1.59 bits per heavy atom. The molecule has 174 valence electrons. The van der Waals surface area contributed by atoms with Crippen molar-refractivity contribution in [1.29, 1.82) is 0 Å². The zero-order chi connectivity index (χ0) is 24.2. The molecule has 2 amide bonds. The van der Waals surface area contributed by atoms with E-state index in [2.05, 4.69) is 22.8 Å². The maximum atomic E-state index is 12.4. The summed E-state index contributed by atoms with van der Waals surface area (Å²) in [6, 6.07) is 19.1. The summed E-state index contributed by atoms with van der Waals surface area (Å²) >= 11 is 0. The van der Waals surface area contributed by atoms with Gasteiger partial charge in [0.2, 0.25) is 5.91 Å². The Morgan fingerprint density at radius 3 is 2.21 bits per heavy atom. The van der Waals surface area contributed by atoms with Gasteiger partial charge in [-0.3, -0.25) is 4.79 Å². The van der Waals surface area contributed by atoms with E-state index in [1.807, 2.05) is 36.4 Å². The number of carboxylic acids is 1. The maximum absolute atomic E-state index is 12.4. The van der Waals surface area contributed by atoms with E-state index in [0.29, 0.717) is 0 Å². The molecule has 0 aliphatic heterocycles. The van der Waals surface area contributed by atoms with Gasteiger partial charge in [0.1, 0.15) is 12.4 Å². The van der Waals surface area contributed by atoms with E-state index in [9.17, 15) is 19.5 Å². The van der Waals surface area contributed by atoms with Crippen molar-refractivity contribution < 1.29 is 29.3 Å². The lowest BCUT2D eigenvalue weighted by molar-refractivity contribution is -0.116. The number of hydrogen-bond donors (Lipinski definition) is 4. The quantitative estimate of drug-likeness (QED) is 0.389. The normalized spacial score (nSPS) is 12.9. The van der Waals surface area contributed by atoms with Crippen LogP contribution in [0.3, 0.4) is 0 Å². The Labute approximate surface area is 196 Å². The highest BCUT2D eigenvalue weighted by Gasteiger charge is 2.29. The zero-order valence-electron chi connectivity index (χ0n) is 18.4. The average molecular weight is 460 g/mol. The molecule has 3 aromatic rings. The summed E-state index contributed by atoms with van der Waals surface area (Å²) < 4.78 is 5.48. The second kappa shape index (κ2) is 9.66. The van der Waals surface area contributed by atoms with Crippen LogP contribution in [0.25, 0.3) is 11.1 Å². The Morgan fingerprint density at radius 1 is 0.971 bits per heavy atom. The van der Waals surface area contributed by atoms with Gasteiger partial charge in [-0.25, -0.2) is 9.59 Å². The molecule has 8 heteroatoms. The summed E-state index contributed by atoms with van der Waals surface area (Å²) in [4.78, 5) is 35.8. The topological polar surface area (TPSA) is 125 Å². The average Bonchev–Trinajstić information content (AvgIpc) is 3.12. The van der Waals surface area contributed by atoms with Gasteiger partial charge in [-0.2, -0.15) is 0 Å². The molecule has 0 saturated heterocycles. The van der Waals surface area contributed by atoms with Gasteiger partial charge in [0.15, 0.2) is 0 Å². The van der Waals surface area contributed by atoms with Gasteiger partial charge < -0.3 is 25.6 Å². The summed E-state index contributed by atoms with van der Waals surface area (Å²) in [6.45, 7) is 1.81. The fourth-order valence-corrected chi connectivity index (χ4v) is 4.14. The van der Waals surface area contributed by atoms with Gasteiger partial charge in [-0.05, 0) is 47.4 Å². The fourth-order valence-electron chi connectivity index (χ4n) is 4.14. The first-order valence-electron chi connectivity index (χ1n) is 10.8. The van der Waals surface area contributed by atoms with Crippen LogP contribution >= 0.6 is 0 Å². The highest BCUT2D eigenvalue weighted by molar-refractivity contribution is 5.95. The number of hydrogen-bond acceptors (Lipinski definition) is 5. The van der Waals surface area contributed by atoms with Gasteiger partial charge in [-0.1, -0.05) is 48.5 Å². The minimum atomic E-state index is -1.18. The van der Waals surface area contributed by atoms with Gasteiger partial charge in [0, 0.05) is 18.4 Å². The number of phenols is 1. The number of aromatic hydroxyl groups is 1. The predicted octanol–water partition coefficient (Wildman–Crippen LogP) is 4.35. The summed E-state index contributed by atoms with van der Waals surface area (Å²) in [5.41, 5.74) is 4.38. The highest BCUT2D eigenvalue weighted by atomic mass is 16.5. The predicted molar refractivity (Wildman–Crippen MR) is 126 cm³/mol. The van der Waals surface area contributed by atoms with E-state index >= 15 is 0 Å². The van der Waals surface area contributed by atoms with Gasteiger partial charge in [0.25, 0.3) is 0 Å². The number of phenolic OH excluding ortho intramolecular Hbond substituents is 1. The number of carbonyl (C=O) groups excluding carboxylic acids is 2. The van der Waals surface area contributed by atoms with Crippen LogP contribution in [-0.4, -0.2) is 40.8 Å². The second-order valence-electron chi connectivity index (χ2n) is 8.16. The lowest BCUT2D eigenvalue weighted by atomic mass is 9.98. The first kappa shape index (κ1) is 22.8. The smallest absolute Gasteiger partial charge is 0.407 e. The molecule has 0 heterocycles. The maximum Gasteiger partial charge on any atom is 0.407 e. The van der Waals surface area contributed by atoms with Crippen molar-refractivity contribution in [2.24, 2.45) is 0 Å². The van der Waals surface area contributed by atoms with Crippen LogP contribution in [0.2, 0.25) is 0 Å². The number of aromatic carboxylic acids is 1. The number of nitrogens with one attached hydrogen (secondary N) is 2. The molecule has 0 aromatic heterocycles. The van der Waals surface area contributed by atoms with Crippen LogP contribution < -0.4 is 10.6 Å². The first-order chi connectivity index (χ1) is 16.3. The molecule has 4 rings (SSSR count). The van der Waals surface area contributed by atoms with E-state index in [4.69, 9.17) is 9.84 Å². The number of rotatable bonds is 7. The van der Waals surface area contributed by atoms with Crippen LogP contribution in [0.1, 0.15) is 40.7 Å². The summed E-state index contributed by atoms with van der Waals surface area (Å²) in [5.74, 6) is -2.00. The number of carboxylic acid groups (broad SMARTS) is 1. The SMILES string of the molecule is C[C@@H](CC(=O)Nc1cc(C(=O)O)ccc1O)NC(=O)OCC1c2ccccc2-c2ccccc21. The number of anilines is 1. The van der Waals surface area contributed by atoms with Crippen molar-refractivity contribution in [1.82, 2.24) is 5.32 Å². The van der Waals surface area contributed by atoms with Crippen molar-refractivity contribution in [2.45, 2.75) is 25.3 Å². The standard InChI is InChI=1S/C26H24N2O6/c1-15(12-24(30)28-22-13-16(25(31)32)10-11-23(22)29)27-26(33)34-14-21-19-8-4-2-6-17(19)18-7-3-5-9-20(18)21/h2-11,13,15,21,29H,12,14H2,1H3,(H,27,33)(H,28,30)(H,31,32)/t15-/m0/s1. The van der Waals surface area contributed by atoms with Crippen molar-refractivity contribution >= 4 is 23.7 Å². The molecule has 34 heavy (non-hydrogen) atoms. The summed E-state index contributed by atoms with van der Waals surface area (Å²) in [5, 5.41) is 24.0. The molecule has 0 unspecified atom stereocenters. The van der Waals surface area contributed by atoms with E-state index in [1.165, 1.54) is 18.2 Å². The number of benzene rings is 3. The second-order valence-corrected chi connectivity index (χ2v) is 8.16. The highest BCUT2D eigenvalue weighted by Crippen LogP contribution is 2.44. The molecule has 0 radical (unpaired) electrons. The van der Waals surface area contributed by atoms with Gasteiger partial charge >= 0.3 is 12.1 Å². The van der Waals surface area contributed by atoms with Gasteiger partial charge in [0.05, 0.1) is 11.3 Å². The van der Waals surface area contributed by atoms with Crippen LogP contribution in [-0.2, 0) is 9.53 Å². The Kier molecular flexibility index (Phi) is 6.49. The third-order valence-electron chi connectivity index (χ3n) is 5.72. The lowest BCUT2D eigenvalue weighted by Gasteiger charge is -2.17. The first-order valence-corrected chi connectivity index (χ1v) is 10.8. The van der Waals surface area contributed by atoms with E-state index in [0.717, 1.165) is 22.3 Å². The molecule has 1 atom stereocenters. The van der Waals surface area contributed by atoms with Crippen LogP contribution in [0, 0.1) is 0 Å². The zero-order valence-corrected chi connectivity index (χ0v) is 18.4. The van der Waals surface area contributed by atoms with Crippen molar-refractivity contribution in [3.05, 3.63) is 83.4 Å². The Balaban J connectivity index is 1.31. The number of amides is 2. The third-order valence-corrected chi connectivity index (χ3v) is 5.72. The molecule has 0 saturated carbocycles. The fraction of sp³-hybridized carbons (Fsp3) is 0.192. The minimum absolute atomic E-state index is 0.0155. The molecule has 0 fully saturated rings. The Bertz CT molecular complexity index is 1210. The molecule has 0 spiro atoms. The molecule has 1 aliphatic carbocycles. The lowest BCUT2D eigenvalue weighted by Crippen LogP contribution is -2.36. The molecular weight excluding hydrogens is 436 g/mol. The van der Waals surface area contributed by atoms with Crippen molar-refractivity contribution in [3.63, 3.8) is 0 Å². The van der Waals surface area contributed by atoms with E-state index < -0.39 is 24.0 Å². The monoisotopic (exact) mass is 460 g/mol. The molecule has 3 aromatic carbocycles. The van der Waals surface area contributed by atoms with E-state index in [1.54, 1.807) is 6.92 Å². The molecule has 1 aliphatic rings. The van der Waals surface area contributed by atoms with Crippen molar-refractivity contribution in [3.8, 4) is 16.9 Å². The van der Waals surface area contributed by atoms with Crippen LogP contribution in [0.15, 0.2) is 66.7 Å². The number of alkyl carbamates (subject to hydrolysis) is 1. The molecule has 4 N–H and O–H groups in total. The molecule has 0 bridgehead atoms. The van der Waals surface area contributed by atoms with Crippen LogP contribution in [0.5, 0.6) is 5.75 Å².